The molecule has 31 heavy (non-hydrogen) atoms. The molecule has 0 bridgehead atoms. The summed E-state index contributed by atoms with van der Waals surface area (Å²) in [5.74, 6) is -0.178. The summed E-state index contributed by atoms with van der Waals surface area (Å²) >= 11 is 5.63. The smallest absolute Gasteiger partial charge is 0.417 e. The molecule has 11 heteroatoms. The number of alkyl halides is 3. The number of nitrogens with one attached hydrogen (secondary N) is 1. The highest BCUT2D eigenvalue weighted by Crippen LogP contribution is 2.38. The van der Waals surface area contributed by atoms with E-state index in [1.165, 1.54) is 14.0 Å². The second-order valence-electron chi connectivity index (χ2n) is 6.87. The van der Waals surface area contributed by atoms with Gasteiger partial charge in [-0.25, -0.2) is 8.42 Å². The number of hydrogen-bond acceptors (Lipinski definition) is 4. The van der Waals surface area contributed by atoms with E-state index in [2.05, 4.69) is 5.32 Å². The van der Waals surface area contributed by atoms with Crippen molar-refractivity contribution in [2.75, 3.05) is 17.7 Å². The van der Waals surface area contributed by atoms with Gasteiger partial charge in [0, 0.05) is 5.56 Å². The van der Waals surface area contributed by atoms with Crippen LogP contribution in [0.2, 0.25) is 5.02 Å². The summed E-state index contributed by atoms with van der Waals surface area (Å²) in [6, 6.07) is 7.72. The van der Waals surface area contributed by atoms with Crippen molar-refractivity contribution >= 4 is 33.2 Å². The Balaban J connectivity index is 2.38. The number of nitrogens with zero attached hydrogens (tertiary/aromatic N) is 1. The summed E-state index contributed by atoms with van der Waals surface area (Å²) in [6.07, 6.45) is -3.98. The predicted octanol–water partition coefficient (Wildman–Crippen LogP) is 4.40. The van der Waals surface area contributed by atoms with E-state index in [4.69, 9.17) is 16.3 Å². The maximum atomic E-state index is 13.2. The van der Waals surface area contributed by atoms with Gasteiger partial charge >= 0.3 is 6.18 Å². The van der Waals surface area contributed by atoms with Crippen molar-refractivity contribution in [1.82, 2.24) is 5.32 Å². The van der Waals surface area contributed by atoms with Crippen molar-refractivity contribution in [3.63, 3.8) is 0 Å². The molecule has 0 radical (unpaired) electrons. The Kier molecular flexibility index (Phi) is 7.48. The van der Waals surface area contributed by atoms with Gasteiger partial charge in [-0.3, -0.25) is 9.10 Å². The summed E-state index contributed by atoms with van der Waals surface area (Å²) in [7, 11) is -2.64. The fourth-order valence-electron chi connectivity index (χ4n) is 3.11. The van der Waals surface area contributed by atoms with Crippen LogP contribution in [0, 0.1) is 0 Å². The first kappa shape index (κ1) is 24.8. The number of ether oxygens (including phenoxy) is 1. The molecule has 0 saturated heterocycles. The van der Waals surface area contributed by atoms with Crippen molar-refractivity contribution < 1.29 is 31.1 Å². The number of rotatable bonds is 7. The monoisotopic (exact) mass is 478 g/mol. The van der Waals surface area contributed by atoms with Crippen LogP contribution < -0.4 is 14.4 Å². The Morgan fingerprint density at radius 3 is 2.32 bits per heavy atom. The number of halogens is 4. The third-order valence-corrected chi connectivity index (χ3v) is 6.13. The number of amides is 1. The second-order valence-corrected chi connectivity index (χ2v) is 9.14. The molecule has 1 N–H and O–H groups in total. The minimum Gasteiger partial charge on any atom is -0.496 e. The Labute approximate surface area is 184 Å². The molecule has 2 aromatic rings. The molecule has 0 aliphatic heterocycles. The molecule has 6 nitrogen and oxygen atoms in total. The standard InChI is InChI=1S/C20H22ClF3N2O4S/c1-12(15-7-5-6-8-18(15)30-3)25-19(27)13(2)26(31(4,28)29)14-9-10-17(21)16(11-14)20(22,23)24/h5-13H,1-4H3,(H,25,27)/t12-,13-/m0/s1. The molecule has 170 valence electrons. The van der Waals surface area contributed by atoms with Crippen molar-refractivity contribution in [2.24, 2.45) is 0 Å². The van der Waals surface area contributed by atoms with E-state index in [-0.39, 0.29) is 5.69 Å². The van der Waals surface area contributed by atoms with E-state index in [0.717, 1.165) is 18.4 Å². The second kappa shape index (κ2) is 9.35. The number of sulfonamides is 1. The van der Waals surface area contributed by atoms with E-state index in [1.54, 1.807) is 31.2 Å². The lowest BCUT2D eigenvalue weighted by Gasteiger charge is -2.30. The number of methoxy groups -OCH3 is 1. The van der Waals surface area contributed by atoms with Crippen molar-refractivity contribution in [1.29, 1.82) is 0 Å². The van der Waals surface area contributed by atoms with E-state index < -0.39 is 44.8 Å². The Hall–Kier alpha value is -2.46. The van der Waals surface area contributed by atoms with Crippen LogP contribution in [0.25, 0.3) is 0 Å². The average molecular weight is 479 g/mol. The molecule has 0 saturated carbocycles. The largest absolute Gasteiger partial charge is 0.496 e. The first-order valence-corrected chi connectivity index (χ1v) is 11.3. The van der Waals surface area contributed by atoms with Gasteiger partial charge in [-0.2, -0.15) is 13.2 Å². The predicted molar refractivity (Wildman–Crippen MR) is 113 cm³/mol. The highest BCUT2D eigenvalue weighted by molar-refractivity contribution is 7.92. The van der Waals surface area contributed by atoms with Crippen molar-refractivity contribution in [2.45, 2.75) is 32.1 Å². The number of benzene rings is 2. The maximum Gasteiger partial charge on any atom is 0.417 e. The molecular weight excluding hydrogens is 457 g/mol. The Bertz CT molecular complexity index is 1060. The van der Waals surface area contributed by atoms with Gasteiger partial charge in [0.15, 0.2) is 0 Å². The van der Waals surface area contributed by atoms with Crippen LogP contribution in [0.5, 0.6) is 5.75 Å². The van der Waals surface area contributed by atoms with E-state index in [1.807, 2.05) is 0 Å². The fourth-order valence-corrected chi connectivity index (χ4v) is 4.50. The summed E-state index contributed by atoms with van der Waals surface area (Å²) in [4.78, 5) is 12.8. The number of anilines is 1. The molecule has 0 aliphatic rings. The van der Waals surface area contributed by atoms with Gasteiger partial charge in [0.25, 0.3) is 0 Å². The molecule has 0 aliphatic carbocycles. The van der Waals surface area contributed by atoms with Crippen molar-refractivity contribution in [3.8, 4) is 5.75 Å². The summed E-state index contributed by atoms with van der Waals surface area (Å²) in [5.41, 5.74) is -0.871. The van der Waals surface area contributed by atoms with Gasteiger partial charge in [-0.1, -0.05) is 29.8 Å². The molecule has 0 unspecified atom stereocenters. The fraction of sp³-hybridized carbons (Fsp3) is 0.350. The molecule has 0 heterocycles. The van der Waals surface area contributed by atoms with E-state index in [9.17, 15) is 26.4 Å². The van der Waals surface area contributed by atoms with Crippen LogP contribution in [0.1, 0.15) is 31.0 Å². The number of carbonyl (C=O) groups excluding carboxylic acids is 1. The molecule has 0 aromatic heterocycles. The maximum absolute atomic E-state index is 13.2. The normalized spacial score (nSPS) is 13.9. The molecular formula is C20H22ClF3N2O4S. The van der Waals surface area contributed by atoms with Crippen LogP contribution in [-0.2, 0) is 21.0 Å². The zero-order valence-corrected chi connectivity index (χ0v) is 18.8. The average Bonchev–Trinajstić information content (AvgIpc) is 2.67. The topological polar surface area (TPSA) is 75.7 Å². The van der Waals surface area contributed by atoms with Crippen molar-refractivity contribution in [3.05, 3.63) is 58.6 Å². The third kappa shape index (κ3) is 5.82. The number of para-hydroxylation sites is 1. The zero-order valence-electron chi connectivity index (χ0n) is 17.2. The SMILES string of the molecule is COc1ccccc1[C@H](C)NC(=O)[C@H](C)N(c1ccc(Cl)c(C(F)(F)F)c1)S(C)(=O)=O. The van der Waals surface area contributed by atoms with Crippen LogP contribution in [0.15, 0.2) is 42.5 Å². The summed E-state index contributed by atoms with van der Waals surface area (Å²) < 4.78 is 70.4. The summed E-state index contributed by atoms with van der Waals surface area (Å²) in [5, 5.41) is 2.10. The highest BCUT2D eigenvalue weighted by atomic mass is 35.5. The van der Waals surface area contributed by atoms with Crippen LogP contribution in [0.4, 0.5) is 18.9 Å². The van der Waals surface area contributed by atoms with Crippen LogP contribution >= 0.6 is 11.6 Å². The van der Waals surface area contributed by atoms with Gasteiger partial charge in [-0.15, -0.1) is 0 Å². The zero-order chi connectivity index (χ0) is 23.6. The van der Waals surface area contributed by atoms with Crippen LogP contribution in [0.3, 0.4) is 0 Å². The Morgan fingerprint density at radius 1 is 1.16 bits per heavy atom. The molecule has 0 fully saturated rings. The summed E-state index contributed by atoms with van der Waals surface area (Å²) in [6.45, 7) is 2.96. The first-order valence-electron chi connectivity index (χ1n) is 9.06. The van der Waals surface area contributed by atoms with E-state index in [0.29, 0.717) is 21.7 Å². The molecule has 2 aromatic carbocycles. The first-order chi connectivity index (χ1) is 14.3. The quantitative estimate of drug-likeness (QED) is 0.640. The molecule has 2 atom stereocenters. The lowest BCUT2D eigenvalue weighted by atomic mass is 10.1. The molecule has 0 spiro atoms. The minimum atomic E-state index is -4.79. The van der Waals surface area contributed by atoms with Gasteiger partial charge in [0.1, 0.15) is 11.8 Å². The van der Waals surface area contributed by atoms with Gasteiger partial charge in [0.05, 0.1) is 35.7 Å². The lowest BCUT2D eigenvalue weighted by Crippen LogP contribution is -2.48. The highest BCUT2D eigenvalue weighted by Gasteiger charge is 2.36. The molecule has 1 amide bonds. The van der Waals surface area contributed by atoms with Crippen LogP contribution in [-0.4, -0.2) is 33.7 Å². The lowest BCUT2D eigenvalue weighted by molar-refractivity contribution is -0.137. The minimum absolute atomic E-state index is 0.327. The van der Waals surface area contributed by atoms with E-state index >= 15 is 0 Å². The molecule has 2 rings (SSSR count). The number of carbonyl (C=O) groups is 1. The Morgan fingerprint density at radius 2 is 1.77 bits per heavy atom. The van der Waals surface area contributed by atoms with Gasteiger partial charge < -0.3 is 10.1 Å². The number of hydrogen-bond donors (Lipinski definition) is 1. The van der Waals surface area contributed by atoms with Gasteiger partial charge in [-0.05, 0) is 38.1 Å². The third-order valence-electron chi connectivity index (χ3n) is 4.56. The van der Waals surface area contributed by atoms with Gasteiger partial charge in [0.2, 0.25) is 15.9 Å².